The number of methoxy groups -OCH3 is 2. The molecule has 35 heavy (non-hydrogen) atoms. The van der Waals surface area contributed by atoms with Crippen molar-refractivity contribution in [2.75, 3.05) is 34.4 Å². The summed E-state index contributed by atoms with van der Waals surface area (Å²) in [6.45, 7) is 11.1. The first-order valence-corrected chi connectivity index (χ1v) is 13.2. The number of carbonyl (C=O) groups is 3. The van der Waals surface area contributed by atoms with Gasteiger partial charge in [0.15, 0.2) is 0 Å². The van der Waals surface area contributed by atoms with Gasteiger partial charge in [0, 0.05) is 40.2 Å². The maximum absolute atomic E-state index is 13.0. The molecule has 0 saturated heterocycles. The molecule has 6 unspecified atom stereocenters. The molecule has 0 rings (SSSR count). The van der Waals surface area contributed by atoms with Crippen LogP contribution in [0.1, 0.15) is 66.7 Å². The fourth-order valence-corrected chi connectivity index (χ4v) is 4.99. The van der Waals surface area contributed by atoms with Gasteiger partial charge in [0.2, 0.25) is 12.3 Å². The van der Waals surface area contributed by atoms with Crippen molar-refractivity contribution in [2.24, 2.45) is 23.7 Å². The second kappa shape index (κ2) is 18.7. The van der Waals surface area contributed by atoms with Crippen molar-refractivity contribution in [2.45, 2.75) is 85.0 Å². The summed E-state index contributed by atoms with van der Waals surface area (Å²) in [6, 6.07) is -0.0835. The molecule has 0 aliphatic rings. The molecule has 204 valence electrons. The third kappa shape index (κ3) is 11.8. The zero-order valence-electron chi connectivity index (χ0n) is 23.0. The van der Waals surface area contributed by atoms with Crippen molar-refractivity contribution in [1.82, 2.24) is 15.5 Å². The Morgan fingerprint density at radius 2 is 1.77 bits per heavy atom. The number of hydrogen-bond donors (Lipinski definition) is 2. The van der Waals surface area contributed by atoms with Crippen LogP contribution in [0.25, 0.3) is 0 Å². The van der Waals surface area contributed by atoms with Crippen molar-refractivity contribution >= 4 is 35.8 Å². The standard InChI is InChI=1S/C26H49N3O5S/c1-9-19(4)24(29(6)23(32)15-18(2)3)22(33-7)16-21(11-10-12-27-17-31)25(34-8)20(5)26(35)28-13-14-30/h14,17-22,24-25H,9-13,15-16H2,1-8H3,(H,27,31)(H,28,35). The van der Waals surface area contributed by atoms with E-state index in [4.69, 9.17) is 21.7 Å². The first-order chi connectivity index (χ1) is 16.6. The lowest BCUT2D eigenvalue weighted by Crippen LogP contribution is -2.51. The molecule has 8 nitrogen and oxygen atoms in total. The van der Waals surface area contributed by atoms with Crippen LogP contribution in [0.2, 0.25) is 0 Å². The summed E-state index contributed by atoms with van der Waals surface area (Å²) < 4.78 is 12.0. The Morgan fingerprint density at radius 3 is 2.26 bits per heavy atom. The Hall–Kier alpha value is -1.58. The highest BCUT2D eigenvalue weighted by Crippen LogP contribution is 2.31. The fraction of sp³-hybridized carbons (Fsp3) is 0.846. The van der Waals surface area contributed by atoms with Crippen LogP contribution < -0.4 is 10.6 Å². The van der Waals surface area contributed by atoms with E-state index < -0.39 is 0 Å². The molecule has 0 aromatic heterocycles. The van der Waals surface area contributed by atoms with Crippen molar-refractivity contribution in [3.8, 4) is 0 Å². The molecule has 0 saturated carbocycles. The molecule has 2 amide bonds. The van der Waals surface area contributed by atoms with Crippen LogP contribution in [0.4, 0.5) is 0 Å². The number of hydrogen-bond acceptors (Lipinski definition) is 6. The highest BCUT2D eigenvalue weighted by molar-refractivity contribution is 7.80. The van der Waals surface area contributed by atoms with Gasteiger partial charge in [-0.1, -0.05) is 53.3 Å². The number of thiocarbonyl (C=S) groups is 1. The van der Waals surface area contributed by atoms with Gasteiger partial charge >= 0.3 is 0 Å². The number of carbonyl (C=O) groups excluding carboxylic acids is 3. The van der Waals surface area contributed by atoms with E-state index in [1.807, 2.05) is 32.7 Å². The zero-order valence-corrected chi connectivity index (χ0v) is 23.9. The van der Waals surface area contributed by atoms with Gasteiger partial charge < -0.3 is 29.8 Å². The summed E-state index contributed by atoms with van der Waals surface area (Å²) in [5, 5.41) is 5.71. The summed E-state index contributed by atoms with van der Waals surface area (Å²) in [5.74, 6) is 0.575. The summed E-state index contributed by atoms with van der Waals surface area (Å²) >= 11 is 5.54. The zero-order chi connectivity index (χ0) is 27.0. The molecule has 0 aliphatic heterocycles. The van der Waals surface area contributed by atoms with Crippen molar-refractivity contribution in [1.29, 1.82) is 0 Å². The maximum atomic E-state index is 13.0. The predicted octanol–water partition coefficient (Wildman–Crippen LogP) is 3.22. The Bertz CT molecular complexity index is 634. The molecule has 0 radical (unpaired) electrons. The smallest absolute Gasteiger partial charge is 0.222 e. The predicted molar refractivity (Wildman–Crippen MR) is 144 cm³/mol. The maximum Gasteiger partial charge on any atom is 0.222 e. The van der Waals surface area contributed by atoms with Gasteiger partial charge in [-0.2, -0.15) is 0 Å². The minimum Gasteiger partial charge on any atom is -0.380 e. The van der Waals surface area contributed by atoms with E-state index in [0.717, 1.165) is 25.5 Å². The highest BCUT2D eigenvalue weighted by atomic mass is 32.1. The Balaban J connectivity index is 5.97. The number of nitrogens with zero attached hydrogens (tertiary/aromatic N) is 1. The van der Waals surface area contributed by atoms with Gasteiger partial charge in [-0.15, -0.1) is 0 Å². The minimum absolute atomic E-state index is 0.0598. The van der Waals surface area contributed by atoms with Crippen LogP contribution in [0, 0.1) is 23.7 Å². The Morgan fingerprint density at radius 1 is 1.11 bits per heavy atom. The Labute approximate surface area is 218 Å². The van der Waals surface area contributed by atoms with Crippen LogP contribution >= 0.6 is 12.2 Å². The number of likely N-dealkylation sites (N-methyl/N-ethyl adjacent to an activating group) is 1. The molecule has 0 fully saturated rings. The van der Waals surface area contributed by atoms with E-state index >= 15 is 0 Å². The number of rotatable bonds is 20. The number of amides is 2. The van der Waals surface area contributed by atoms with Crippen LogP contribution in [-0.2, 0) is 23.9 Å². The average molecular weight is 516 g/mol. The van der Waals surface area contributed by atoms with Crippen LogP contribution in [0.3, 0.4) is 0 Å². The molecule has 6 atom stereocenters. The first-order valence-electron chi connectivity index (χ1n) is 12.8. The molecule has 0 bridgehead atoms. The van der Waals surface area contributed by atoms with Gasteiger partial charge in [-0.25, -0.2) is 0 Å². The van der Waals surface area contributed by atoms with E-state index in [2.05, 4.69) is 24.5 Å². The third-order valence-electron chi connectivity index (χ3n) is 6.85. The minimum atomic E-state index is -0.218. The van der Waals surface area contributed by atoms with Gasteiger partial charge in [0.25, 0.3) is 0 Å². The summed E-state index contributed by atoms with van der Waals surface area (Å²) in [5.41, 5.74) is 0. The molecule has 0 heterocycles. The lowest BCUT2D eigenvalue weighted by atomic mass is 9.80. The summed E-state index contributed by atoms with van der Waals surface area (Å²) in [4.78, 5) is 37.0. The van der Waals surface area contributed by atoms with E-state index in [1.165, 1.54) is 0 Å². The van der Waals surface area contributed by atoms with Crippen LogP contribution in [0.15, 0.2) is 0 Å². The van der Waals surface area contributed by atoms with E-state index in [1.54, 1.807) is 14.2 Å². The van der Waals surface area contributed by atoms with E-state index in [-0.39, 0.29) is 54.4 Å². The lowest BCUT2D eigenvalue weighted by molar-refractivity contribution is -0.138. The van der Waals surface area contributed by atoms with Gasteiger partial charge in [-0.05, 0) is 37.0 Å². The number of aldehydes is 1. The van der Waals surface area contributed by atoms with E-state index in [0.29, 0.717) is 30.8 Å². The molecule has 0 aromatic rings. The number of ether oxygens (including phenoxy) is 2. The van der Waals surface area contributed by atoms with E-state index in [9.17, 15) is 14.4 Å². The topological polar surface area (TPSA) is 97.0 Å². The summed E-state index contributed by atoms with van der Waals surface area (Å²) in [6.07, 6.45) is 4.72. The summed E-state index contributed by atoms with van der Waals surface area (Å²) in [7, 11) is 5.26. The van der Waals surface area contributed by atoms with Gasteiger partial charge in [0.05, 0.1) is 29.8 Å². The van der Waals surface area contributed by atoms with Crippen LogP contribution in [-0.4, -0.2) is 81.1 Å². The molecule has 0 aromatic carbocycles. The van der Waals surface area contributed by atoms with Gasteiger partial charge in [-0.3, -0.25) is 9.59 Å². The van der Waals surface area contributed by atoms with Crippen molar-refractivity contribution in [3.63, 3.8) is 0 Å². The number of nitrogens with one attached hydrogen (secondary N) is 2. The molecular weight excluding hydrogens is 466 g/mol. The lowest BCUT2D eigenvalue weighted by Gasteiger charge is -2.41. The molecule has 2 N–H and O–H groups in total. The fourth-order valence-electron chi connectivity index (χ4n) is 4.77. The molecule has 0 aliphatic carbocycles. The SMILES string of the molecule is CCC(C)C(C(CC(CCCNC=O)C(OC)C(C)C(=S)NCC=O)OC)N(C)C(=O)CC(C)C. The monoisotopic (exact) mass is 515 g/mol. The van der Waals surface area contributed by atoms with Crippen LogP contribution in [0.5, 0.6) is 0 Å². The van der Waals surface area contributed by atoms with Gasteiger partial charge in [0.1, 0.15) is 6.29 Å². The quantitative estimate of drug-likeness (QED) is 0.146. The normalized spacial score (nSPS) is 16.5. The highest BCUT2D eigenvalue weighted by Gasteiger charge is 2.37. The average Bonchev–Trinajstić information content (AvgIpc) is 2.83. The Kier molecular flexibility index (Phi) is 17.8. The molecular formula is C26H49N3O5S. The van der Waals surface area contributed by atoms with Crippen molar-refractivity contribution in [3.05, 3.63) is 0 Å². The second-order valence-electron chi connectivity index (χ2n) is 9.86. The van der Waals surface area contributed by atoms with Crippen molar-refractivity contribution < 1.29 is 23.9 Å². The molecule has 0 spiro atoms. The molecule has 9 heteroatoms. The third-order valence-corrected chi connectivity index (χ3v) is 7.37. The second-order valence-corrected chi connectivity index (χ2v) is 10.3. The largest absolute Gasteiger partial charge is 0.380 e. The first kappa shape index (κ1) is 33.4.